The molecule has 0 aliphatic rings. The van der Waals surface area contributed by atoms with Gasteiger partial charge in [-0.25, -0.2) is 0 Å². The minimum atomic E-state index is 0.226. The molecule has 0 spiro atoms. The molecule has 2 aromatic rings. The highest BCUT2D eigenvalue weighted by Crippen LogP contribution is 2.34. The molecule has 17 heavy (non-hydrogen) atoms. The second kappa shape index (κ2) is 4.25. The Morgan fingerprint density at radius 3 is 2.24 bits per heavy atom. The lowest BCUT2D eigenvalue weighted by Gasteiger charge is -2.10. The summed E-state index contributed by atoms with van der Waals surface area (Å²) in [5, 5.41) is 9.23. The predicted molar refractivity (Wildman–Crippen MR) is 68.9 cm³/mol. The quantitative estimate of drug-likeness (QED) is 0.691. The Labute approximate surface area is 99.4 Å². The Bertz CT molecular complexity index is 536. The Kier molecular flexibility index (Phi) is 2.78. The Morgan fingerprint density at radius 2 is 1.65 bits per heavy atom. The zero-order valence-corrected chi connectivity index (χ0v) is 9.47. The summed E-state index contributed by atoms with van der Waals surface area (Å²) in [4.78, 5) is 0. The van der Waals surface area contributed by atoms with E-state index in [4.69, 9.17) is 16.2 Å². The first-order valence-corrected chi connectivity index (χ1v) is 5.14. The summed E-state index contributed by atoms with van der Waals surface area (Å²) in [6.07, 6.45) is 0. The van der Waals surface area contributed by atoms with Crippen molar-refractivity contribution in [2.45, 2.75) is 0 Å². The molecule has 0 aliphatic carbocycles. The maximum absolute atomic E-state index is 9.23. The van der Waals surface area contributed by atoms with E-state index in [0.29, 0.717) is 17.1 Å². The lowest BCUT2D eigenvalue weighted by atomic mass is 10.0. The van der Waals surface area contributed by atoms with Gasteiger partial charge in [-0.3, -0.25) is 0 Å². The van der Waals surface area contributed by atoms with Crippen molar-refractivity contribution in [3.63, 3.8) is 0 Å². The molecular weight excluding hydrogens is 216 g/mol. The molecule has 4 nitrogen and oxygen atoms in total. The molecule has 0 radical (unpaired) electrons. The van der Waals surface area contributed by atoms with Crippen molar-refractivity contribution in [2.24, 2.45) is 0 Å². The van der Waals surface area contributed by atoms with Gasteiger partial charge < -0.3 is 21.3 Å². The van der Waals surface area contributed by atoms with E-state index in [1.165, 1.54) is 0 Å². The Hall–Kier alpha value is -2.36. The summed E-state index contributed by atoms with van der Waals surface area (Å²) >= 11 is 0. The molecule has 0 fully saturated rings. The molecule has 0 atom stereocenters. The Balaban J connectivity index is 2.52. The number of hydrogen-bond donors (Lipinski definition) is 3. The van der Waals surface area contributed by atoms with Crippen molar-refractivity contribution < 1.29 is 9.84 Å². The second-order valence-electron chi connectivity index (χ2n) is 3.73. The summed E-state index contributed by atoms with van der Waals surface area (Å²) < 4.78 is 5.16. The molecular formula is C13H14N2O2. The molecule has 0 bridgehead atoms. The lowest BCUT2D eigenvalue weighted by Crippen LogP contribution is -1.98. The third-order valence-corrected chi connectivity index (χ3v) is 2.59. The fraction of sp³-hybridized carbons (Fsp3) is 0.0769. The highest BCUT2D eigenvalue weighted by molar-refractivity contribution is 5.80. The lowest BCUT2D eigenvalue weighted by molar-refractivity contribution is 0.417. The van der Waals surface area contributed by atoms with E-state index in [-0.39, 0.29) is 5.75 Å². The second-order valence-corrected chi connectivity index (χ2v) is 3.73. The van der Waals surface area contributed by atoms with E-state index >= 15 is 0 Å². The van der Waals surface area contributed by atoms with Crippen LogP contribution in [0.4, 0.5) is 11.4 Å². The number of hydrogen-bond acceptors (Lipinski definition) is 4. The van der Waals surface area contributed by atoms with Gasteiger partial charge in [-0.05, 0) is 35.4 Å². The molecule has 5 N–H and O–H groups in total. The van der Waals surface area contributed by atoms with Crippen LogP contribution < -0.4 is 16.2 Å². The van der Waals surface area contributed by atoms with Crippen LogP contribution in [0.25, 0.3) is 11.1 Å². The number of methoxy groups -OCH3 is 1. The number of benzene rings is 2. The number of anilines is 2. The summed E-state index contributed by atoms with van der Waals surface area (Å²) in [5.41, 5.74) is 14.3. The van der Waals surface area contributed by atoms with Crippen molar-refractivity contribution in [2.75, 3.05) is 18.6 Å². The number of nitrogens with two attached hydrogens (primary N) is 2. The average Bonchev–Trinajstić information content (AvgIpc) is 2.33. The van der Waals surface area contributed by atoms with E-state index in [0.717, 1.165) is 11.1 Å². The van der Waals surface area contributed by atoms with Gasteiger partial charge in [0.25, 0.3) is 0 Å². The van der Waals surface area contributed by atoms with Crippen LogP contribution in [0.2, 0.25) is 0 Å². The number of phenols is 1. The van der Waals surface area contributed by atoms with E-state index in [9.17, 15) is 5.11 Å². The van der Waals surface area contributed by atoms with Gasteiger partial charge in [0, 0.05) is 0 Å². The molecule has 0 unspecified atom stereocenters. The fourth-order valence-electron chi connectivity index (χ4n) is 1.64. The number of phenolic OH excluding ortho intramolecular Hbond substituents is 1. The van der Waals surface area contributed by atoms with Gasteiger partial charge in [0.15, 0.2) is 0 Å². The van der Waals surface area contributed by atoms with Gasteiger partial charge in [-0.2, -0.15) is 0 Å². The SMILES string of the molecule is COc1cc(-c2ccc(O)cc2)cc(N)c1N. The highest BCUT2D eigenvalue weighted by atomic mass is 16.5. The van der Waals surface area contributed by atoms with Gasteiger partial charge in [-0.1, -0.05) is 12.1 Å². The van der Waals surface area contributed by atoms with Gasteiger partial charge >= 0.3 is 0 Å². The van der Waals surface area contributed by atoms with Crippen LogP contribution in [0.15, 0.2) is 36.4 Å². The van der Waals surface area contributed by atoms with Gasteiger partial charge in [-0.15, -0.1) is 0 Å². The predicted octanol–water partition coefficient (Wildman–Crippen LogP) is 2.23. The number of aromatic hydroxyl groups is 1. The van der Waals surface area contributed by atoms with Crippen molar-refractivity contribution in [1.29, 1.82) is 0 Å². The first kappa shape index (κ1) is 11.1. The van der Waals surface area contributed by atoms with Crippen LogP contribution in [0.1, 0.15) is 0 Å². The van der Waals surface area contributed by atoms with Gasteiger partial charge in [0.2, 0.25) is 0 Å². The van der Waals surface area contributed by atoms with Crippen molar-refractivity contribution in [3.05, 3.63) is 36.4 Å². The van der Waals surface area contributed by atoms with E-state index in [1.54, 1.807) is 37.4 Å². The molecule has 0 saturated heterocycles. The van der Waals surface area contributed by atoms with Crippen molar-refractivity contribution in [3.8, 4) is 22.6 Å². The first-order valence-electron chi connectivity index (χ1n) is 5.14. The molecule has 2 aromatic carbocycles. The molecule has 0 saturated carbocycles. The Morgan fingerprint density at radius 1 is 1.00 bits per heavy atom. The van der Waals surface area contributed by atoms with Crippen molar-refractivity contribution >= 4 is 11.4 Å². The third kappa shape index (κ3) is 2.10. The average molecular weight is 230 g/mol. The minimum Gasteiger partial charge on any atom is -0.508 e. The van der Waals surface area contributed by atoms with Crippen LogP contribution in [0, 0.1) is 0 Å². The molecule has 0 heterocycles. The standard InChI is InChI=1S/C13H14N2O2/c1-17-12-7-9(6-11(14)13(12)15)8-2-4-10(16)5-3-8/h2-7,16H,14-15H2,1H3. The van der Waals surface area contributed by atoms with Crippen LogP contribution in [-0.2, 0) is 0 Å². The summed E-state index contributed by atoms with van der Waals surface area (Å²) in [7, 11) is 1.55. The van der Waals surface area contributed by atoms with Gasteiger partial charge in [0.1, 0.15) is 11.5 Å². The largest absolute Gasteiger partial charge is 0.508 e. The summed E-state index contributed by atoms with van der Waals surface area (Å²) in [6.45, 7) is 0. The molecule has 2 rings (SSSR count). The number of rotatable bonds is 2. The summed E-state index contributed by atoms with van der Waals surface area (Å²) in [6, 6.07) is 10.4. The molecule has 0 aromatic heterocycles. The van der Waals surface area contributed by atoms with Crippen LogP contribution in [-0.4, -0.2) is 12.2 Å². The minimum absolute atomic E-state index is 0.226. The third-order valence-electron chi connectivity index (χ3n) is 2.59. The van der Waals surface area contributed by atoms with Crippen LogP contribution in [0.3, 0.4) is 0 Å². The molecule has 0 amide bonds. The van der Waals surface area contributed by atoms with Crippen LogP contribution in [0.5, 0.6) is 11.5 Å². The molecule has 0 aliphatic heterocycles. The summed E-state index contributed by atoms with van der Waals surface area (Å²) in [5.74, 6) is 0.775. The van der Waals surface area contributed by atoms with Gasteiger partial charge in [0.05, 0.1) is 18.5 Å². The normalized spacial score (nSPS) is 10.2. The van der Waals surface area contributed by atoms with Crippen molar-refractivity contribution in [1.82, 2.24) is 0 Å². The van der Waals surface area contributed by atoms with Crippen LogP contribution >= 0.6 is 0 Å². The zero-order valence-electron chi connectivity index (χ0n) is 9.47. The van der Waals surface area contributed by atoms with E-state index < -0.39 is 0 Å². The molecule has 88 valence electrons. The number of nitrogen functional groups attached to an aromatic ring is 2. The topological polar surface area (TPSA) is 81.5 Å². The monoisotopic (exact) mass is 230 g/mol. The highest BCUT2D eigenvalue weighted by Gasteiger charge is 2.07. The smallest absolute Gasteiger partial charge is 0.144 e. The zero-order chi connectivity index (χ0) is 12.4. The number of ether oxygens (including phenoxy) is 1. The van der Waals surface area contributed by atoms with E-state index in [1.807, 2.05) is 6.07 Å². The van der Waals surface area contributed by atoms with E-state index in [2.05, 4.69) is 0 Å². The molecule has 4 heteroatoms. The maximum atomic E-state index is 9.23. The maximum Gasteiger partial charge on any atom is 0.144 e. The first-order chi connectivity index (χ1) is 8.11. The fourth-order valence-corrected chi connectivity index (χ4v) is 1.64.